The second kappa shape index (κ2) is 8.99. The van der Waals surface area contributed by atoms with Crippen LogP contribution in [0, 0.1) is 39.9 Å². The summed E-state index contributed by atoms with van der Waals surface area (Å²) in [7, 11) is 0. The Morgan fingerprint density at radius 3 is 2.34 bits per heavy atom. The zero-order valence-electron chi connectivity index (χ0n) is 20.5. The largest absolute Gasteiger partial charge is 0.471 e. The van der Waals surface area contributed by atoms with E-state index in [0.29, 0.717) is 13.0 Å². The molecule has 12 heteroatoms. The number of likely N-dealkylation sites (tertiary alicyclic amines) is 1. The number of amides is 4. The summed E-state index contributed by atoms with van der Waals surface area (Å²) in [5.74, 6) is -4.46. The van der Waals surface area contributed by atoms with Gasteiger partial charge in [-0.15, -0.1) is 0 Å². The number of rotatable bonds is 6. The van der Waals surface area contributed by atoms with E-state index in [0.717, 1.165) is 0 Å². The van der Waals surface area contributed by atoms with Crippen LogP contribution in [0.5, 0.6) is 0 Å². The number of carbonyl (C=O) groups excluding carboxylic acids is 4. The molecule has 3 aliphatic rings. The van der Waals surface area contributed by atoms with Gasteiger partial charge in [0.2, 0.25) is 17.7 Å². The first-order valence-corrected chi connectivity index (χ1v) is 11.7. The molecule has 0 spiro atoms. The van der Waals surface area contributed by atoms with Gasteiger partial charge >= 0.3 is 12.1 Å². The molecule has 35 heavy (non-hydrogen) atoms. The summed E-state index contributed by atoms with van der Waals surface area (Å²) in [6, 6.07) is -1.48. The summed E-state index contributed by atoms with van der Waals surface area (Å²) >= 11 is 0. The maximum atomic E-state index is 13.5. The van der Waals surface area contributed by atoms with Crippen molar-refractivity contribution in [1.82, 2.24) is 20.9 Å². The summed E-state index contributed by atoms with van der Waals surface area (Å²) in [5, 5.41) is 16.7. The summed E-state index contributed by atoms with van der Waals surface area (Å²) < 4.78 is 38.8. The van der Waals surface area contributed by atoms with Gasteiger partial charge in [0.1, 0.15) is 18.1 Å². The second-order valence-electron chi connectivity index (χ2n) is 11.4. The van der Waals surface area contributed by atoms with Crippen LogP contribution in [0.4, 0.5) is 13.2 Å². The first-order valence-electron chi connectivity index (χ1n) is 11.7. The number of carbonyl (C=O) groups is 4. The number of nitriles is 1. The van der Waals surface area contributed by atoms with Crippen LogP contribution in [0.15, 0.2) is 0 Å². The van der Waals surface area contributed by atoms with E-state index in [4.69, 9.17) is 0 Å². The highest BCUT2D eigenvalue weighted by molar-refractivity contribution is 5.95. The molecule has 1 saturated carbocycles. The molecule has 4 amide bonds. The fraction of sp³-hybridized carbons (Fsp3) is 0.783. The van der Waals surface area contributed by atoms with E-state index in [-0.39, 0.29) is 36.1 Å². The van der Waals surface area contributed by atoms with Crippen LogP contribution in [0.2, 0.25) is 0 Å². The lowest BCUT2D eigenvalue weighted by Crippen LogP contribution is -2.61. The van der Waals surface area contributed by atoms with Crippen LogP contribution >= 0.6 is 0 Å². The fourth-order valence-electron chi connectivity index (χ4n) is 5.40. The third-order valence-corrected chi connectivity index (χ3v) is 7.56. The van der Waals surface area contributed by atoms with Gasteiger partial charge in [0.25, 0.3) is 0 Å². The molecule has 2 heterocycles. The van der Waals surface area contributed by atoms with Gasteiger partial charge in [-0.3, -0.25) is 19.2 Å². The van der Waals surface area contributed by atoms with Crippen molar-refractivity contribution in [2.45, 2.75) is 71.8 Å². The lowest BCUT2D eigenvalue weighted by Gasteiger charge is -2.37. The van der Waals surface area contributed by atoms with E-state index in [1.165, 1.54) is 25.7 Å². The Morgan fingerprint density at radius 1 is 1.23 bits per heavy atom. The maximum Gasteiger partial charge on any atom is 0.471 e. The van der Waals surface area contributed by atoms with E-state index in [2.05, 4.69) is 10.6 Å². The first kappa shape index (κ1) is 26.8. The Kier molecular flexibility index (Phi) is 6.87. The molecule has 3 fully saturated rings. The van der Waals surface area contributed by atoms with Crippen molar-refractivity contribution in [2.24, 2.45) is 28.6 Å². The third-order valence-electron chi connectivity index (χ3n) is 7.56. The molecule has 0 aromatic heterocycles. The minimum Gasteiger partial charge on any atom is -0.356 e. The second-order valence-corrected chi connectivity index (χ2v) is 11.4. The molecule has 0 aromatic carbocycles. The van der Waals surface area contributed by atoms with Crippen LogP contribution in [0.3, 0.4) is 0 Å². The Hall–Kier alpha value is -2.84. The SMILES string of the molecule is CC(C)(C)[C@H](NC(=O)C(F)(F)F)C(=O)N1C[C@H]2C([C@H]1C(=O)N[C@H](C#N)C[C@@H]1CCNC1=O)C2(C)C. The first-order chi connectivity index (χ1) is 16.0. The van der Waals surface area contributed by atoms with Crippen molar-refractivity contribution < 1.29 is 32.3 Å². The van der Waals surface area contributed by atoms with E-state index >= 15 is 0 Å². The molecule has 1 aliphatic carbocycles. The normalized spacial score (nSPS) is 28.9. The molecule has 9 nitrogen and oxygen atoms in total. The Labute approximate surface area is 202 Å². The Balaban J connectivity index is 1.81. The molecule has 194 valence electrons. The van der Waals surface area contributed by atoms with Crippen molar-refractivity contribution in [1.29, 1.82) is 5.26 Å². The molecule has 0 bridgehead atoms. The van der Waals surface area contributed by atoms with Crippen molar-refractivity contribution in [3.8, 4) is 6.07 Å². The number of fused-ring (bicyclic) bond motifs is 1. The molecule has 2 saturated heterocycles. The molecule has 3 N–H and O–H groups in total. The average Bonchev–Trinajstić information content (AvgIpc) is 3.10. The van der Waals surface area contributed by atoms with Gasteiger partial charge in [-0.1, -0.05) is 34.6 Å². The van der Waals surface area contributed by atoms with Gasteiger partial charge in [-0.05, 0) is 35.5 Å². The van der Waals surface area contributed by atoms with Crippen molar-refractivity contribution in [3.63, 3.8) is 0 Å². The number of nitrogens with zero attached hydrogens (tertiary/aromatic N) is 2. The van der Waals surface area contributed by atoms with Crippen molar-refractivity contribution >= 4 is 23.6 Å². The van der Waals surface area contributed by atoms with Gasteiger partial charge in [0.05, 0.1) is 6.07 Å². The number of alkyl halides is 3. The summed E-state index contributed by atoms with van der Waals surface area (Å²) in [6.45, 7) is 9.13. The standard InChI is InChI=1S/C23H32F3N5O4/c1-21(2,3)16(30-20(35)23(24,25)26)19(34)31-10-13-14(22(13,4)5)15(31)18(33)29-12(9-27)8-11-6-7-28-17(11)32/h11-16H,6-8,10H2,1-5H3,(H,28,32)(H,29,33)(H,30,35)/t11-,12-,13-,14?,15-,16+/m0/s1. The molecular formula is C23H32F3N5O4. The quantitative estimate of drug-likeness (QED) is 0.504. The van der Waals surface area contributed by atoms with Crippen LogP contribution in [0.1, 0.15) is 47.5 Å². The number of nitrogens with one attached hydrogen (secondary N) is 3. The summed E-state index contributed by atoms with van der Waals surface area (Å²) in [4.78, 5) is 51.6. The predicted molar refractivity (Wildman–Crippen MR) is 117 cm³/mol. The minimum atomic E-state index is -5.16. The Bertz CT molecular complexity index is 952. The summed E-state index contributed by atoms with van der Waals surface area (Å²) in [5.41, 5.74) is -1.33. The highest BCUT2D eigenvalue weighted by Crippen LogP contribution is 2.65. The lowest BCUT2D eigenvalue weighted by molar-refractivity contribution is -0.176. The van der Waals surface area contributed by atoms with Gasteiger partial charge in [0.15, 0.2) is 0 Å². The lowest BCUT2D eigenvalue weighted by atomic mass is 9.85. The zero-order chi connectivity index (χ0) is 26.5. The summed E-state index contributed by atoms with van der Waals surface area (Å²) in [6.07, 6.45) is -4.49. The number of hydrogen-bond acceptors (Lipinski definition) is 5. The molecular weight excluding hydrogens is 467 g/mol. The van der Waals surface area contributed by atoms with E-state index in [1.54, 1.807) is 5.32 Å². The van der Waals surface area contributed by atoms with Gasteiger partial charge in [0, 0.05) is 19.0 Å². The van der Waals surface area contributed by atoms with E-state index < -0.39 is 53.4 Å². The zero-order valence-corrected chi connectivity index (χ0v) is 20.5. The molecule has 0 aromatic rings. The third kappa shape index (κ3) is 5.23. The molecule has 6 atom stereocenters. The molecule has 1 unspecified atom stereocenters. The van der Waals surface area contributed by atoms with Gasteiger partial charge < -0.3 is 20.9 Å². The fourth-order valence-corrected chi connectivity index (χ4v) is 5.40. The van der Waals surface area contributed by atoms with Crippen molar-refractivity contribution in [3.05, 3.63) is 0 Å². The smallest absolute Gasteiger partial charge is 0.356 e. The highest BCUT2D eigenvalue weighted by Gasteiger charge is 2.70. The predicted octanol–water partition coefficient (Wildman–Crippen LogP) is 1.10. The van der Waals surface area contributed by atoms with Crippen LogP contribution in [0.25, 0.3) is 0 Å². The number of hydrogen-bond donors (Lipinski definition) is 3. The van der Waals surface area contributed by atoms with Crippen LogP contribution in [-0.4, -0.2) is 65.9 Å². The Morgan fingerprint density at radius 2 is 1.86 bits per heavy atom. The average molecular weight is 500 g/mol. The van der Waals surface area contributed by atoms with Gasteiger partial charge in [-0.2, -0.15) is 18.4 Å². The molecule has 2 aliphatic heterocycles. The molecule has 0 radical (unpaired) electrons. The highest BCUT2D eigenvalue weighted by atomic mass is 19.4. The maximum absolute atomic E-state index is 13.5. The number of halogens is 3. The van der Waals surface area contributed by atoms with Crippen LogP contribution in [-0.2, 0) is 19.2 Å². The topological polar surface area (TPSA) is 131 Å². The van der Waals surface area contributed by atoms with E-state index in [1.807, 2.05) is 19.9 Å². The number of piperidine rings is 1. The van der Waals surface area contributed by atoms with Gasteiger partial charge in [-0.25, -0.2) is 0 Å². The van der Waals surface area contributed by atoms with Crippen LogP contribution < -0.4 is 16.0 Å². The molecule has 3 rings (SSSR count). The monoisotopic (exact) mass is 499 g/mol. The van der Waals surface area contributed by atoms with Crippen molar-refractivity contribution in [2.75, 3.05) is 13.1 Å². The minimum absolute atomic E-state index is 0.0396. The van der Waals surface area contributed by atoms with E-state index in [9.17, 15) is 37.6 Å².